The minimum atomic E-state index is -0.736. The van der Waals surface area contributed by atoms with Crippen molar-refractivity contribution in [3.63, 3.8) is 0 Å². The van der Waals surface area contributed by atoms with Crippen molar-refractivity contribution in [3.8, 4) is 17.2 Å². The lowest BCUT2D eigenvalue weighted by atomic mass is 9.92. The predicted molar refractivity (Wildman–Crippen MR) is 478 cm³/mol. The highest BCUT2D eigenvalue weighted by Crippen LogP contribution is 2.19. The normalized spacial score (nSPS) is 11.7. The molecule has 114 heavy (non-hydrogen) atoms. The Hall–Kier alpha value is -7.76. The number of benzene rings is 6. The molecule has 8 unspecified atom stereocenters. The molecule has 0 spiro atoms. The van der Waals surface area contributed by atoms with Gasteiger partial charge in [0.15, 0.2) is 0 Å². The van der Waals surface area contributed by atoms with Gasteiger partial charge in [-0.3, -0.25) is 29.2 Å². The molecule has 658 valence electrons. The van der Waals surface area contributed by atoms with E-state index in [2.05, 4.69) is 82.2 Å². The Morgan fingerprint density at radius 1 is 0.360 bits per heavy atom. The second-order valence-electron chi connectivity index (χ2n) is 26.6. The molecule has 0 aliphatic carbocycles. The van der Waals surface area contributed by atoms with Crippen LogP contribution in [0, 0.1) is 47.3 Å². The molecule has 0 heterocycles. The van der Waals surface area contributed by atoms with Crippen LogP contribution in [0.1, 0.15) is 211 Å². The van der Waals surface area contributed by atoms with Gasteiger partial charge in [-0.25, -0.2) is 0 Å². The lowest BCUT2D eigenvalue weighted by Crippen LogP contribution is -2.39. The molecule has 3 amide bonds. The fourth-order valence-corrected chi connectivity index (χ4v) is 8.37. The van der Waals surface area contributed by atoms with Crippen molar-refractivity contribution >= 4 is 23.7 Å². The molecule has 0 fully saturated rings. The second-order valence-corrected chi connectivity index (χ2v) is 26.6. The number of carboxylic acid groups (broad SMARTS) is 1. The molecule has 0 saturated heterocycles. The van der Waals surface area contributed by atoms with Crippen LogP contribution in [0.25, 0.3) is 0 Å². The average Bonchev–Trinajstić information content (AvgIpc) is 0.912. The molecule has 0 aliphatic heterocycles. The topological polar surface area (TPSA) is 260 Å². The number of hydrogen-bond acceptors (Lipinski definition) is 16. The third kappa shape index (κ3) is 75.6. The van der Waals surface area contributed by atoms with Crippen LogP contribution in [-0.2, 0) is 67.5 Å². The molecule has 0 bridgehead atoms. The standard InChI is InChI=1S/C24H33NO3.C14H20O3.C10H14O.C9H20N2O3.C9H19NO.2C8H10O.2C3H8O.CH4O.5CH4/c1-19(14-16-27-18-22-10-6-4-7-11-22)21(3)24(26)25-20(2)15-17-28-23-12-8-5-9-13-23;1-11(12(2)14(15)16)8-9-17-10-13-6-4-3-5-7-13;1-2-8-11-9-10-6-4-3-5-7-10;1-6(2)10-9(12)8(4)7(3)5-14-11-13;1-6(2)8(5)9(11)10-7(3)4;2*1-2-9-8-6-4-3-5-7-8;2*1-3-4-2;1-2;;;;;/h4-13,19-21H,14-18H2,1-3H3,(H,25,26);3-7,11-12H,8-10H2,1-2H3,(H,15,16);3-7H,2,8-9H2,1H3;6-8,11,13H,5H2,1-4H3,(H,10,12);6-8H,1-5H3,(H,10,11);2*3-7H,2H2,1H3;2*3H2,1-2H3;2H,1H3;5*1H4. The molecular weight excluding hydrogens is 1440 g/mol. The summed E-state index contributed by atoms with van der Waals surface area (Å²) in [5.41, 5.74) is 5.17. The van der Waals surface area contributed by atoms with E-state index in [0.717, 1.165) is 95.2 Å². The third-order valence-corrected chi connectivity index (χ3v) is 16.2. The largest absolute Gasteiger partial charge is 0.494 e. The zero-order chi connectivity index (χ0) is 82.8. The predicted octanol–water partition coefficient (Wildman–Crippen LogP) is 21.2. The Balaban J connectivity index is -0.000000162. The van der Waals surface area contributed by atoms with Gasteiger partial charge in [0.1, 0.15) is 17.2 Å². The van der Waals surface area contributed by atoms with E-state index in [4.69, 9.17) is 43.8 Å². The van der Waals surface area contributed by atoms with Gasteiger partial charge in [0.05, 0.1) is 52.2 Å². The number of amides is 3. The number of hydrogen-bond donors (Lipinski definition) is 7. The minimum Gasteiger partial charge on any atom is -0.494 e. The van der Waals surface area contributed by atoms with Crippen molar-refractivity contribution in [1.82, 2.24) is 21.6 Å². The maximum Gasteiger partial charge on any atom is 0.306 e. The monoisotopic (exact) mass is 1610 g/mol. The van der Waals surface area contributed by atoms with E-state index in [0.29, 0.717) is 45.6 Å². The smallest absolute Gasteiger partial charge is 0.306 e. The van der Waals surface area contributed by atoms with E-state index < -0.39 is 5.97 Å². The number of methoxy groups -OCH3 is 2. The third-order valence-electron chi connectivity index (χ3n) is 16.2. The summed E-state index contributed by atoms with van der Waals surface area (Å²) in [5.74, 6) is 2.80. The first-order chi connectivity index (χ1) is 52.2. The SMILES string of the molecule is C.C.C.C.C.CC(C)NC(=O)C(C)C(C)C.CC(C)NC(=O)C(C)C(C)CONO.CC(CCOCc1ccccc1)C(C)C(=O)O.CC(CCOc1ccccc1)NC(=O)C(C)C(C)CCOCc1ccccc1.CCCOCc1ccccc1.CCOC.CCOC.CCOc1ccccc1.CCOc1ccccc1.CO. The highest BCUT2D eigenvalue weighted by Gasteiger charge is 2.23. The van der Waals surface area contributed by atoms with Crippen LogP contribution in [0.3, 0.4) is 0 Å². The van der Waals surface area contributed by atoms with Gasteiger partial charge in [0.25, 0.3) is 0 Å². The first kappa shape index (κ1) is 124. The molecule has 20 heteroatoms. The van der Waals surface area contributed by atoms with E-state index in [1.54, 1.807) is 26.8 Å². The molecule has 6 aromatic rings. The summed E-state index contributed by atoms with van der Waals surface area (Å²) in [7, 11) is 4.36. The summed E-state index contributed by atoms with van der Waals surface area (Å²) in [6.07, 6.45) is 3.52. The number of ether oxygens (including phenoxy) is 8. The number of carbonyl (C=O) groups excluding carboxylic acids is 3. The Morgan fingerprint density at radius 2 is 0.649 bits per heavy atom. The van der Waals surface area contributed by atoms with Gasteiger partial charge in [-0.15, -0.1) is 0 Å². The van der Waals surface area contributed by atoms with Crippen LogP contribution in [0.15, 0.2) is 182 Å². The maximum absolute atomic E-state index is 12.5. The van der Waals surface area contributed by atoms with E-state index in [9.17, 15) is 19.2 Å². The van der Waals surface area contributed by atoms with Crippen LogP contribution < -0.4 is 35.8 Å². The number of carbonyl (C=O) groups is 4. The van der Waals surface area contributed by atoms with Crippen LogP contribution in [-0.4, -0.2) is 138 Å². The molecule has 7 N–H and O–H groups in total. The van der Waals surface area contributed by atoms with Gasteiger partial charge in [0.2, 0.25) is 17.7 Å². The molecule has 0 aromatic heterocycles. The van der Waals surface area contributed by atoms with E-state index in [1.165, 1.54) is 11.1 Å². The number of para-hydroxylation sites is 3. The van der Waals surface area contributed by atoms with Crippen molar-refractivity contribution in [3.05, 3.63) is 199 Å². The minimum absolute atomic E-state index is 0. The summed E-state index contributed by atoms with van der Waals surface area (Å²) in [5, 5.41) is 32.9. The fraction of sp³-hybridized carbons (Fsp3) is 0.574. The Bertz CT molecular complexity index is 2880. The molecule has 0 saturated carbocycles. The van der Waals surface area contributed by atoms with Gasteiger partial charge < -0.3 is 64.1 Å². The maximum atomic E-state index is 12.5. The quantitative estimate of drug-likeness (QED) is 0.0140. The Morgan fingerprint density at radius 3 is 0.939 bits per heavy atom. The Kier molecular flexibility index (Phi) is 95.6. The zero-order valence-corrected chi connectivity index (χ0v) is 70.6. The lowest BCUT2D eigenvalue weighted by Gasteiger charge is -2.22. The van der Waals surface area contributed by atoms with Crippen molar-refractivity contribution in [1.29, 1.82) is 0 Å². The van der Waals surface area contributed by atoms with Crippen molar-refractivity contribution < 1.29 is 77.3 Å². The molecule has 0 aliphatic rings. The van der Waals surface area contributed by atoms with Gasteiger partial charge in [-0.1, -0.05) is 258 Å². The van der Waals surface area contributed by atoms with Crippen molar-refractivity contribution in [2.24, 2.45) is 47.3 Å². The first-order valence-corrected chi connectivity index (χ1v) is 38.7. The average molecular weight is 1610 g/mol. The van der Waals surface area contributed by atoms with Gasteiger partial charge in [-0.2, -0.15) is 0 Å². The molecular formula is C94H166N4O16. The summed E-state index contributed by atoms with van der Waals surface area (Å²) >= 11 is 0. The van der Waals surface area contributed by atoms with Crippen LogP contribution in [0.4, 0.5) is 0 Å². The van der Waals surface area contributed by atoms with E-state index in [-0.39, 0.29) is 114 Å². The summed E-state index contributed by atoms with van der Waals surface area (Å²) < 4.78 is 41.8. The molecule has 8 atom stereocenters. The van der Waals surface area contributed by atoms with E-state index >= 15 is 0 Å². The lowest BCUT2D eigenvalue weighted by molar-refractivity contribution is -0.145. The number of aliphatic carboxylic acids is 1. The molecule has 6 rings (SSSR count). The highest BCUT2D eigenvalue weighted by molar-refractivity contribution is 5.79. The summed E-state index contributed by atoms with van der Waals surface area (Å²) in [6, 6.07) is 60.2. The van der Waals surface area contributed by atoms with Gasteiger partial charge in [-0.05, 0) is 158 Å². The highest BCUT2D eigenvalue weighted by atomic mass is 16.8. The van der Waals surface area contributed by atoms with Crippen LogP contribution in [0.5, 0.6) is 17.2 Å². The number of nitrogens with one attached hydrogen (secondary N) is 4. The molecule has 6 aromatic carbocycles. The summed E-state index contributed by atoms with van der Waals surface area (Å²) in [6.45, 7) is 45.5. The van der Waals surface area contributed by atoms with Gasteiger partial charge in [0, 0.05) is 96.7 Å². The number of aliphatic hydroxyl groups excluding tert-OH is 1. The molecule has 0 radical (unpaired) electrons. The van der Waals surface area contributed by atoms with Gasteiger partial charge >= 0.3 is 5.97 Å². The number of rotatable bonds is 38. The zero-order valence-electron chi connectivity index (χ0n) is 70.6. The number of carboxylic acids is 1. The Labute approximate surface area is 695 Å². The van der Waals surface area contributed by atoms with Crippen LogP contribution >= 0.6 is 0 Å². The van der Waals surface area contributed by atoms with Crippen molar-refractivity contribution in [2.45, 2.75) is 232 Å². The fourth-order valence-electron chi connectivity index (χ4n) is 8.37. The van der Waals surface area contributed by atoms with Crippen molar-refractivity contribution in [2.75, 3.05) is 80.8 Å². The summed E-state index contributed by atoms with van der Waals surface area (Å²) in [4.78, 5) is 50.6. The van der Waals surface area contributed by atoms with Crippen LogP contribution in [0.2, 0.25) is 0 Å². The molecule has 20 nitrogen and oxygen atoms in total. The second kappa shape index (κ2) is 87.6. The van der Waals surface area contributed by atoms with E-state index in [1.807, 2.05) is 255 Å². The number of aliphatic hydroxyl groups is 1. The first-order valence-electron chi connectivity index (χ1n) is 38.7.